The van der Waals surface area contributed by atoms with E-state index in [0.717, 1.165) is 55.1 Å². The Labute approximate surface area is 159 Å². The third kappa shape index (κ3) is 5.42. The van der Waals surface area contributed by atoms with E-state index >= 15 is 0 Å². The van der Waals surface area contributed by atoms with Crippen LogP contribution in [-0.4, -0.2) is 42.6 Å². The summed E-state index contributed by atoms with van der Waals surface area (Å²) in [5.74, 6) is 1.90. The molecule has 2 aromatic rings. The molecular weight excluding hydrogens is 344 g/mol. The molecule has 140 valence electrons. The van der Waals surface area contributed by atoms with Crippen molar-refractivity contribution in [3.05, 3.63) is 40.0 Å². The number of rotatable bonds is 6. The lowest BCUT2D eigenvalue weighted by molar-refractivity contribution is 0.573. The van der Waals surface area contributed by atoms with Crippen LogP contribution in [-0.2, 0) is 13.0 Å². The summed E-state index contributed by atoms with van der Waals surface area (Å²) in [7, 11) is 1.80. The highest BCUT2D eigenvalue weighted by atomic mass is 32.1. The standard InChI is InChI=1S/C19H28N6S/c1-15-24-17(14-26-15)7-9-22-19(20-2)23-13-16-6-8-21-18(12-16)25-10-4-3-5-11-25/h6,8,12,14H,3-5,7,9-11,13H2,1-2H3,(H2,20,22,23). The molecule has 2 aromatic heterocycles. The van der Waals surface area contributed by atoms with E-state index in [2.05, 4.69) is 48.0 Å². The average molecular weight is 373 g/mol. The van der Waals surface area contributed by atoms with Crippen molar-refractivity contribution in [1.82, 2.24) is 20.6 Å². The van der Waals surface area contributed by atoms with Crippen molar-refractivity contribution >= 4 is 23.1 Å². The van der Waals surface area contributed by atoms with Gasteiger partial charge in [0, 0.05) is 51.2 Å². The maximum absolute atomic E-state index is 4.54. The van der Waals surface area contributed by atoms with Crippen LogP contribution in [0.4, 0.5) is 5.82 Å². The number of hydrogen-bond donors (Lipinski definition) is 2. The SMILES string of the molecule is CN=C(NCCc1csc(C)n1)NCc1ccnc(N2CCCCC2)c1. The van der Waals surface area contributed by atoms with Crippen molar-refractivity contribution in [2.75, 3.05) is 31.6 Å². The third-order valence-corrected chi connectivity index (χ3v) is 5.34. The topological polar surface area (TPSA) is 65.4 Å². The fraction of sp³-hybridized carbons (Fsp3) is 0.526. The highest BCUT2D eigenvalue weighted by Crippen LogP contribution is 2.18. The number of nitrogens with one attached hydrogen (secondary N) is 2. The van der Waals surface area contributed by atoms with E-state index < -0.39 is 0 Å². The Balaban J connectivity index is 1.47. The summed E-state index contributed by atoms with van der Waals surface area (Å²) < 4.78 is 0. The largest absolute Gasteiger partial charge is 0.357 e. The molecule has 7 heteroatoms. The Bertz CT molecular complexity index is 720. The molecule has 6 nitrogen and oxygen atoms in total. The number of aryl methyl sites for hydroxylation is 1. The Kier molecular flexibility index (Phi) is 6.82. The molecule has 0 unspecified atom stereocenters. The zero-order valence-corrected chi connectivity index (χ0v) is 16.5. The van der Waals surface area contributed by atoms with E-state index in [0.29, 0.717) is 0 Å². The van der Waals surface area contributed by atoms with Crippen LogP contribution in [0, 0.1) is 6.92 Å². The lowest BCUT2D eigenvalue weighted by Crippen LogP contribution is -2.38. The molecule has 0 bridgehead atoms. The first-order valence-electron chi connectivity index (χ1n) is 9.30. The van der Waals surface area contributed by atoms with Gasteiger partial charge in [0.1, 0.15) is 5.82 Å². The monoisotopic (exact) mass is 372 g/mol. The number of nitrogens with zero attached hydrogens (tertiary/aromatic N) is 4. The molecule has 26 heavy (non-hydrogen) atoms. The molecule has 0 spiro atoms. The number of aromatic nitrogens is 2. The van der Waals surface area contributed by atoms with E-state index in [4.69, 9.17) is 0 Å². The van der Waals surface area contributed by atoms with Gasteiger partial charge in [-0.15, -0.1) is 11.3 Å². The molecule has 0 radical (unpaired) electrons. The van der Waals surface area contributed by atoms with E-state index in [1.807, 2.05) is 13.1 Å². The van der Waals surface area contributed by atoms with Crippen LogP contribution in [0.25, 0.3) is 0 Å². The van der Waals surface area contributed by atoms with Gasteiger partial charge in [0.05, 0.1) is 10.7 Å². The minimum absolute atomic E-state index is 0.735. The van der Waals surface area contributed by atoms with Gasteiger partial charge in [0.2, 0.25) is 0 Å². The number of piperidine rings is 1. The molecule has 0 amide bonds. The first-order chi connectivity index (χ1) is 12.7. The summed E-state index contributed by atoms with van der Waals surface area (Å²) >= 11 is 1.69. The number of hydrogen-bond acceptors (Lipinski definition) is 5. The van der Waals surface area contributed by atoms with Crippen molar-refractivity contribution in [2.24, 2.45) is 4.99 Å². The summed E-state index contributed by atoms with van der Waals surface area (Å²) in [6.45, 7) is 5.82. The fourth-order valence-electron chi connectivity index (χ4n) is 3.10. The van der Waals surface area contributed by atoms with Gasteiger partial charge in [-0.1, -0.05) is 0 Å². The lowest BCUT2D eigenvalue weighted by atomic mass is 10.1. The van der Waals surface area contributed by atoms with Gasteiger partial charge in [-0.05, 0) is 43.9 Å². The van der Waals surface area contributed by atoms with Crippen LogP contribution in [0.2, 0.25) is 0 Å². The molecule has 2 N–H and O–H groups in total. The smallest absolute Gasteiger partial charge is 0.191 e. The predicted octanol–water partition coefficient (Wildman–Crippen LogP) is 2.74. The highest BCUT2D eigenvalue weighted by molar-refractivity contribution is 7.09. The average Bonchev–Trinajstić information content (AvgIpc) is 3.10. The molecule has 1 saturated heterocycles. The first kappa shape index (κ1) is 18.6. The Morgan fingerprint density at radius 3 is 2.85 bits per heavy atom. The highest BCUT2D eigenvalue weighted by Gasteiger charge is 2.12. The van der Waals surface area contributed by atoms with Crippen molar-refractivity contribution in [3.8, 4) is 0 Å². The van der Waals surface area contributed by atoms with Crippen molar-refractivity contribution in [3.63, 3.8) is 0 Å². The molecule has 0 aliphatic carbocycles. The van der Waals surface area contributed by atoms with Crippen LogP contribution in [0.15, 0.2) is 28.7 Å². The quantitative estimate of drug-likeness (QED) is 0.603. The zero-order chi connectivity index (χ0) is 18.2. The number of pyridine rings is 1. The summed E-state index contributed by atoms with van der Waals surface area (Å²) in [6, 6.07) is 4.25. The van der Waals surface area contributed by atoms with Crippen LogP contribution < -0.4 is 15.5 Å². The predicted molar refractivity (Wildman–Crippen MR) is 109 cm³/mol. The summed E-state index contributed by atoms with van der Waals surface area (Å²) in [4.78, 5) is 15.7. The summed E-state index contributed by atoms with van der Waals surface area (Å²) in [5.41, 5.74) is 2.36. The number of thiazole rings is 1. The number of aliphatic imine (C=N–C) groups is 1. The van der Waals surface area contributed by atoms with E-state index in [9.17, 15) is 0 Å². The van der Waals surface area contributed by atoms with Gasteiger partial charge in [0.15, 0.2) is 5.96 Å². The van der Waals surface area contributed by atoms with Gasteiger partial charge in [0.25, 0.3) is 0 Å². The van der Waals surface area contributed by atoms with Crippen LogP contribution in [0.3, 0.4) is 0 Å². The van der Waals surface area contributed by atoms with E-state index in [1.54, 1.807) is 18.4 Å². The van der Waals surface area contributed by atoms with E-state index in [-0.39, 0.29) is 0 Å². The molecule has 0 atom stereocenters. The molecule has 0 aromatic carbocycles. The van der Waals surface area contributed by atoms with Gasteiger partial charge in [-0.3, -0.25) is 4.99 Å². The van der Waals surface area contributed by atoms with Gasteiger partial charge in [-0.2, -0.15) is 0 Å². The Morgan fingerprint density at radius 2 is 2.12 bits per heavy atom. The third-order valence-electron chi connectivity index (χ3n) is 4.51. The first-order valence-corrected chi connectivity index (χ1v) is 10.2. The maximum atomic E-state index is 4.54. The Hall–Kier alpha value is -2.15. The fourth-order valence-corrected chi connectivity index (χ4v) is 3.75. The molecule has 1 aliphatic heterocycles. The second-order valence-corrected chi connectivity index (χ2v) is 7.59. The molecule has 3 heterocycles. The molecule has 0 saturated carbocycles. The van der Waals surface area contributed by atoms with Crippen molar-refractivity contribution in [1.29, 1.82) is 0 Å². The minimum Gasteiger partial charge on any atom is -0.357 e. The van der Waals surface area contributed by atoms with Crippen LogP contribution >= 0.6 is 11.3 Å². The van der Waals surface area contributed by atoms with Gasteiger partial charge in [-0.25, -0.2) is 9.97 Å². The molecular formula is C19H28N6S. The second kappa shape index (κ2) is 9.52. The van der Waals surface area contributed by atoms with Crippen molar-refractivity contribution < 1.29 is 0 Å². The molecule has 1 aliphatic rings. The normalized spacial score (nSPS) is 15.2. The minimum atomic E-state index is 0.735. The van der Waals surface area contributed by atoms with Crippen LogP contribution in [0.1, 0.15) is 35.5 Å². The molecule has 1 fully saturated rings. The molecule has 3 rings (SSSR count). The number of guanidine groups is 1. The second-order valence-electron chi connectivity index (χ2n) is 6.53. The van der Waals surface area contributed by atoms with Gasteiger partial charge < -0.3 is 15.5 Å². The van der Waals surface area contributed by atoms with E-state index in [1.165, 1.54) is 24.8 Å². The zero-order valence-electron chi connectivity index (χ0n) is 15.7. The number of anilines is 1. The summed E-state index contributed by atoms with van der Waals surface area (Å²) in [6.07, 6.45) is 6.67. The Morgan fingerprint density at radius 1 is 1.27 bits per heavy atom. The van der Waals surface area contributed by atoms with Crippen LogP contribution in [0.5, 0.6) is 0 Å². The summed E-state index contributed by atoms with van der Waals surface area (Å²) in [5, 5.41) is 9.97. The van der Waals surface area contributed by atoms with Crippen molar-refractivity contribution in [2.45, 2.75) is 39.2 Å². The van der Waals surface area contributed by atoms with Gasteiger partial charge >= 0.3 is 0 Å². The lowest BCUT2D eigenvalue weighted by Gasteiger charge is -2.28. The maximum Gasteiger partial charge on any atom is 0.191 e.